The van der Waals surface area contributed by atoms with Crippen molar-refractivity contribution < 1.29 is 38.0 Å². The van der Waals surface area contributed by atoms with Gasteiger partial charge in [-0.25, -0.2) is 14.9 Å². The summed E-state index contributed by atoms with van der Waals surface area (Å²) in [5.41, 5.74) is 7.30. The normalized spacial score (nSPS) is 24.3. The van der Waals surface area contributed by atoms with Crippen LogP contribution in [-0.4, -0.2) is 63.6 Å². The van der Waals surface area contributed by atoms with E-state index < -0.39 is 43.2 Å². The molecule has 238 valence electrons. The zero-order valence-electron chi connectivity index (χ0n) is 24.6. The molecule has 0 amide bonds. The highest BCUT2D eigenvalue weighted by Gasteiger charge is 2.61. The van der Waals surface area contributed by atoms with Crippen molar-refractivity contribution in [2.45, 2.75) is 30.1 Å². The van der Waals surface area contributed by atoms with Crippen LogP contribution in [0.2, 0.25) is 0 Å². The molecule has 0 radical (unpaired) electrons. The molecule has 3 aromatic carbocycles. The third-order valence-corrected chi connectivity index (χ3v) is 9.65. The lowest BCUT2D eigenvalue weighted by atomic mass is 9.80. The first-order valence-electron chi connectivity index (χ1n) is 14.2. The largest absolute Gasteiger partial charge is 0.857 e. The zero-order valence-corrected chi connectivity index (χ0v) is 26.3. The first-order chi connectivity index (χ1) is 22.2. The van der Waals surface area contributed by atoms with Gasteiger partial charge in [-0.15, -0.1) is 0 Å². The fraction of sp³-hybridized carbons (Fsp3) is 0.258. The van der Waals surface area contributed by atoms with Gasteiger partial charge in [0.1, 0.15) is 28.7 Å². The Balaban J connectivity index is 1.30. The highest BCUT2D eigenvalue weighted by molar-refractivity contribution is 8.35. The molecule has 0 saturated carbocycles. The summed E-state index contributed by atoms with van der Waals surface area (Å²) in [6, 6.07) is 25.1. The second-order valence-electron chi connectivity index (χ2n) is 10.7. The lowest BCUT2D eigenvalue weighted by Gasteiger charge is -2.37. The number of imidazole rings is 1. The number of hydrogen-bond donors (Lipinski definition) is 2. The number of aromatic nitrogens is 4. The number of anilines is 1. The van der Waals surface area contributed by atoms with Gasteiger partial charge in [0, 0.05) is 5.88 Å². The van der Waals surface area contributed by atoms with Gasteiger partial charge in [0.25, 0.3) is 7.15 Å². The Kier molecular flexibility index (Phi) is 7.97. The molecule has 2 saturated heterocycles. The van der Waals surface area contributed by atoms with E-state index >= 15 is 0 Å². The first kappa shape index (κ1) is 30.6. The van der Waals surface area contributed by atoms with Gasteiger partial charge in [-0.05, 0) is 41.0 Å². The highest BCUT2D eigenvalue weighted by atomic mass is 32.7. The Labute approximate surface area is 269 Å². The van der Waals surface area contributed by atoms with Gasteiger partial charge in [0.15, 0.2) is 24.1 Å². The van der Waals surface area contributed by atoms with Gasteiger partial charge in [-0.3, -0.25) is 4.57 Å². The number of nitrogens with zero attached hydrogens (tertiary/aromatic N) is 4. The second-order valence-corrected chi connectivity index (χ2v) is 13.4. The monoisotopic (exact) mass is 662 g/mol. The molecular formula is C31H29N5O8PS-. The number of fused-ring (bicyclic) bond motifs is 2. The minimum absolute atomic E-state index is 0.0125. The van der Waals surface area contributed by atoms with Crippen molar-refractivity contribution in [3.63, 3.8) is 0 Å². The van der Waals surface area contributed by atoms with Crippen molar-refractivity contribution in [3.8, 4) is 17.4 Å². The van der Waals surface area contributed by atoms with Crippen molar-refractivity contribution >= 4 is 36.5 Å². The van der Waals surface area contributed by atoms with Crippen LogP contribution < -0.4 is 20.3 Å². The van der Waals surface area contributed by atoms with Gasteiger partial charge in [-0.2, -0.15) is 14.0 Å². The fourth-order valence-corrected chi connectivity index (χ4v) is 7.75. The quantitative estimate of drug-likeness (QED) is 0.134. The van der Waals surface area contributed by atoms with Crippen LogP contribution in [-0.2, 0) is 36.4 Å². The minimum Gasteiger partial charge on any atom is -0.857 e. The number of nitrogen functional groups attached to an aromatic ring is 1. The van der Waals surface area contributed by atoms with E-state index in [0.29, 0.717) is 11.5 Å². The molecule has 2 aliphatic rings. The molecule has 15 heteroatoms. The van der Waals surface area contributed by atoms with Crippen LogP contribution in [0.1, 0.15) is 22.9 Å². The average molecular weight is 663 g/mol. The van der Waals surface area contributed by atoms with Crippen LogP contribution in [0.3, 0.4) is 0 Å². The Morgan fingerprint density at radius 2 is 1.50 bits per heavy atom. The molecule has 2 fully saturated rings. The number of benzene rings is 3. The summed E-state index contributed by atoms with van der Waals surface area (Å²) in [6.45, 7) is -0.0279. The van der Waals surface area contributed by atoms with Gasteiger partial charge >= 0.3 is 0 Å². The average Bonchev–Trinajstić information content (AvgIpc) is 3.73. The Morgan fingerprint density at radius 3 is 2.11 bits per heavy atom. The van der Waals surface area contributed by atoms with E-state index in [-0.39, 0.29) is 23.7 Å². The van der Waals surface area contributed by atoms with E-state index in [1.165, 1.54) is 10.9 Å². The van der Waals surface area contributed by atoms with Gasteiger partial charge < -0.3 is 42.0 Å². The molecule has 46 heavy (non-hydrogen) atoms. The smallest absolute Gasteiger partial charge is 0.287 e. The number of methoxy groups -OCH3 is 2. The van der Waals surface area contributed by atoms with E-state index in [2.05, 4.69) is 15.0 Å². The summed E-state index contributed by atoms with van der Waals surface area (Å²) in [5.74, 6) is 0.539. The first-order valence-corrected chi connectivity index (χ1v) is 16.8. The standard InChI is InChI=1S/C31H30N5O8PS/c1-39-21-12-8-19(9-13-21)31(18-6-4-3-5-7-18,20-10-14-22(40-2)15-11-20)41-16-23-25-26(44-45(38,46)43-25)29(42-23)36-17-33-24-27(36)34-30(32)35-28(24)37/h3-15,17,23,25-26,29H,16H2,1-2H3,(H,38,46)(H3,32,34,35,37)/p-1/t23-,25-,26-,29-,45?/m1/s1. The van der Waals surface area contributed by atoms with Crippen LogP contribution in [0.4, 0.5) is 5.95 Å². The topological polar surface area (TPSA) is 168 Å². The van der Waals surface area contributed by atoms with E-state index in [1.54, 1.807) is 14.2 Å². The zero-order chi connectivity index (χ0) is 32.1. The second kappa shape index (κ2) is 12.0. The van der Waals surface area contributed by atoms with Crippen LogP contribution in [0, 0.1) is 0 Å². The summed E-state index contributed by atoms with van der Waals surface area (Å²) < 4.78 is 37.6. The Bertz CT molecular complexity index is 1800. The van der Waals surface area contributed by atoms with Crippen LogP contribution in [0.15, 0.2) is 85.2 Å². The van der Waals surface area contributed by atoms with Crippen molar-refractivity contribution in [2.24, 2.45) is 0 Å². The molecule has 2 aromatic heterocycles. The van der Waals surface area contributed by atoms with Crippen LogP contribution >= 0.6 is 7.15 Å². The minimum atomic E-state index is -3.62. The molecular weight excluding hydrogens is 633 g/mol. The summed E-state index contributed by atoms with van der Waals surface area (Å²) in [4.78, 5) is 22.8. The molecule has 5 aromatic rings. The summed E-state index contributed by atoms with van der Waals surface area (Å²) >= 11 is 5.25. The predicted octanol–water partition coefficient (Wildman–Crippen LogP) is 3.41. The maximum Gasteiger partial charge on any atom is 0.287 e. The lowest BCUT2D eigenvalue weighted by molar-refractivity contribution is -0.272. The summed E-state index contributed by atoms with van der Waals surface area (Å²) in [7, 11) is -0.398. The third kappa shape index (κ3) is 5.31. The molecule has 1 unspecified atom stereocenters. The third-order valence-electron chi connectivity index (χ3n) is 8.11. The molecule has 0 spiro atoms. The van der Waals surface area contributed by atoms with E-state index in [9.17, 15) is 10.00 Å². The van der Waals surface area contributed by atoms with Gasteiger partial charge in [0.2, 0.25) is 5.95 Å². The summed E-state index contributed by atoms with van der Waals surface area (Å²) in [5, 5.41) is 12.4. The SMILES string of the molecule is COc1ccc(C(OC[C@H]2O[C@@H](n3cnc4c([O-])nc(N)nc43)[C@@H]3O[P+](O)([S-])O[C@@H]32)(c2ccccc2)c2ccc(OC)cc2)cc1. The van der Waals surface area contributed by atoms with Crippen molar-refractivity contribution in [1.29, 1.82) is 0 Å². The lowest BCUT2D eigenvalue weighted by Crippen LogP contribution is -2.39. The van der Waals surface area contributed by atoms with Gasteiger partial charge in [0.05, 0.1) is 27.2 Å². The molecule has 2 aliphatic heterocycles. The molecule has 0 bridgehead atoms. The Morgan fingerprint density at radius 1 is 0.913 bits per heavy atom. The number of ether oxygens (including phenoxy) is 4. The number of hydrogen-bond acceptors (Lipinski definition) is 13. The van der Waals surface area contributed by atoms with E-state index in [4.69, 9.17) is 46.0 Å². The molecule has 5 atom stereocenters. The molecule has 3 N–H and O–H groups in total. The van der Waals surface area contributed by atoms with Crippen molar-refractivity contribution in [2.75, 3.05) is 26.6 Å². The number of nitrogens with two attached hydrogens (primary N) is 1. The maximum absolute atomic E-state index is 12.4. The summed E-state index contributed by atoms with van der Waals surface area (Å²) in [6.07, 6.45) is -2.00. The highest BCUT2D eigenvalue weighted by Crippen LogP contribution is 2.66. The molecule has 7 rings (SSSR count). The Hall–Kier alpha value is -4.01. The fourth-order valence-electron chi connectivity index (χ4n) is 6.01. The van der Waals surface area contributed by atoms with Crippen LogP contribution in [0.25, 0.3) is 11.2 Å². The molecule has 0 aliphatic carbocycles. The molecule has 13 nitrogen and oxygen atoms in total. The van der Waals surface area contributed by atoms with Gasteiger partial charge in [-0.1, -0.05) is 54.6 Å². The maximum atomic E-state index is 12.4. The van der Waals surface area contributed by atoms with Crippen LogP contribution in [0.5, 0.6) is 17.4 Å². The van der Waals surface area contributed by atoms with E-state index in [0.717, 1.165) is 16.7 Å². The number of rotatable bonds is 9. The van der Waals surface area contributed by atoms with E-state index in [1.807, 2.05) is 78.9 Å². The molecule has 4 heterocycles. The van der Waals surface area contributed by atoms with Crippen molar-refractivity contribution in [3.05, 3.63) is 102 Å². The predicted molar refractivity (Wildman–Crippen MR) is 168 cm³/mol. The van der Waals surface area contributed by atoms with Crippen molar-refractivity contribution in [1.82, 2.24) is 19.5 Å².